The largest absolute Gasteiger partial charge is 0.489 e. The highest BCUT2D eigenvalue weighted by atomic mass is 16.5. The molecule has 2 rings (SSSR count). The molecule has 1 N–H and O–H groups in total. The molecule has 1 amide bonds. The van der Waals surface area contributed by atoms with Crippen LogP contribution in [0.25, 0.3) is 0 Å². The average Bonchev–Trinajstić information content (AvgIpc) is 2.41. The van der Waals surface area contributed by atoms with Gasteiger partial charge in [0.25, 0.3) is 0 Å². The number of rotatable bonds is 5. The highest BCUT2D eigenvalue weighted by molar-refractivity contribution is 5.73. The van der Waals surface area contributed by atoms with E-state index in [9.17, 15) is 4.79 Å². The maximum Gasteiger partial charge on any atom is 0.211 e. The predicted molar refractivity (Wildman–Crippen MR) is 71.6 cm³/mol. The molecule has 0 radical (unpaired) electrons. The first kappa shape index (κ1) is 12.2. The Morgan fingerprint density at radius 2 is 1.94 bits per heavy atom. The molecule has 0 aliphatic heterocycles. The highest BCUT2D eigenvalue weighted by Crippen LogP contribution is 2.21. The minimum atomic E-state index is 0.542. The van der Waals surface area contributed by atoms with E-state index in [0.29, 0.717) is 13.0 Å². The van der Waals surface area contributed by atoms with E-state index in [2.05, 4.69) is 5.32 Å². The van der Waals surface area contributed by atoms with Crippen molar-refractivity contribution >= 4 is 12.1 Å². The zero-order valence-electron chi connectivity index (χ0n) is 10.2. The van der Waals surface area contributed by atoms with Gasteiger partial charge in [0.15, 0.2) is 0 Å². The molecule has 3 nitrogen and oxygen atoms in total. The smallest absolute Gasteiger partial charge is 0.211 e. The SMILES string of the molecule is Cc1cc(OCc2ccccc2)ccc1NC=O. The standard InChI is InChI=1S/C15H15NO2/c1-12-9-14(7-8-15(12)16-11-17)18-10-13-5-3-2-4-6-13/h2-9,11H,10H2,1H3,(H,16,17). The maximum atomic E-state index is 10.4. The molecule has 92 valence electrons. The molecular weight excluding hydrogens is 226 g/mol. The number of anilines is 1. The van der Waals surface area contributed by atoms with Gasteiger partial charge in [0, 0.05) is 5.69 Å². The Bertz CT molecular complexity index is 523. The van der Waals surface area contributed by atoms with Crippen LogP contribution in [0.5, 0.6) is 5.75 Å². The van der Waals surface area contributed by atoms with Gasteiger partial charge in [-0.1, -0.05) is 30.3 Å². The van der Waals surface area contributed by atoms with Crippen LogP contribution in [0, 0.1) is 6.92 Å². The van der Waals surface area contributed by atoms with E-state index < -0.39 is 0 Å². The van der Waals surface area contributed by atoms with E-state index in [4.69, 9.17) is 4.74 Å². The zero-order valence-corrected chi connectivity index (χ0v) is 10.2. The van der Waals surface area contributed by atoms with Crippen molar-refractivity contribution in [3.63, 3.8) is 0 Å². The van der Waals surface area contributed by atoms with E-state index in [1.165, 1.54) is 0 Å². The number of benzene rings is 2. The third-order valence-corrected chi connectivity index (χ3v) is 2.66. The molecule has 0 fully saturated rings. The van der Waals surface area contributed by atoms with Crippen LogP contribution in [0.3, 0.4) is 0 Å². The first-order valence-corrected chi connectivity index (χ1v) is 5.77. The molecule has 0 saturated carbocycles. The van der Waals surface area contributed by atoms with Crippen LogP contribution in [0.15, 0.2) is 48.5 Å². The van der Waals surface area contributed by atoms with Gasteiger partial charge in [-0.3, -0.25) is 4.79 Å². The number of hydrogen-bond acceptors (Lipinski definition) is 2. The fourth-order valence-corrected chi connectivity index (χ4v) is 1.69. The van der Waals surface area contributed by atoms with Gasteiger partial charge < -0.3 is 10.1 Å². The number of carbonyl (C=O) groups excluding carboxylic acids is 1. The van der Waals surface area contributed by atoms with E-state index in [1.807, 2.05) is 55.5 Å². The summed E-state index contributed by atoms with van der Waals surface area (Å²) in [5.74, 6) is 0.799. The molecule has 0 aromatic heterocycles. The molecule has 0 spiro atoms. The van der Waals surface area contributed by atoms with Crippen molar-refractivity contribution in [2.75, 3.05) is 5.32 Å². The second kappa shape index (κ2) is 5.87. The van der Waals surface area contributed by atoms with Gasteiger partial charge in [0.1, 0.15) is 12.4 Å². The summed E-state index contributed by atoms with van der Waals surface area (Å²) in [5.41, 5.74) is 2.91. The van der Waals surface area contributed by atoms with Crippen molar-refractivity contribution in [1.82, 2.24) is 0 Å². The first-order chi connectivity index (χ1) is 8.79. The van der Waals surface area contributed by atoms with Gasteiger partial charge in [-0.25, -0.2) is 0 Å². The van der Waals surface area contributed by atoms with E-state index in [0.717, 1.165) is 22.6 Å². The monoisotopic (exact) mass is 241 g/mol. The van der Waals surface area contributed by atoms with Crippen LogP contribution in [-0.4, -0.2) is 6.41 Å². The Labute approximate surface area is 106 Å². The molecule has 0 saturated heterocycles. The summed E-state index contributed by atoms with van der Waals surface area (Å²) in [6.07, 6.45) is 0.673. The molecular formula is C15H15NO2. The minimum Gasteiger partial charge on any atom is -0.489 e. The lowest BCUT2D eigenvalue weighted by Crippen LogP contribution is -1.98. The van der Waals surface area contributed by atoms with Crippen LogP contribution < -0.4 is 10.1 Å². The lowest BCUT2D eigenvalue weighted by Gasteiger charge is -2.09. The molecule has 2 aromatic carbocycles. The average molecular weight is 241 g/mol. The third kappa shape index (κ3) is 3.10. The lowest BCUT2D eigenvalue weighted by atomic mass is 10.2. The Morgan fingerprint density at radius 3 is 2.61 bits per heavy atom. The van der Waals surface area contributed by atoms with E-state index in [-0.39, 0.29) is 0 Å². The van der Waals surface area contributed by atoms with E-state index >= 15 is 0 Å². The molecule has 0 unspecified atom stereocenters. The van der Waals surface area contributed by atoms with Gasteiger partial charge in [0.05, 0.1) is 0 Å². The van der Waals surface area contributed by atoms with Crippen LogP contribution in [0.2, 0.25) is 0 Å². The molecule has 3 heteroatoms. The van der Waals surface area contributed by atoms with Crippen molar-refractivity contribution in [2.45, 2.75) is 13.5 Å². The Hall–Kier alpha value is -2.29. The van der Waals surface area contributed by atoms with Crippen LogP contribution in [-0.2, 0) is 11.4 Å². The fourth-order valence-electron chi connectivity index (χ4n) is 1.69. The molecule has 0 bridgehead atoms. The van der Waals surface area contributed by atoms with Crippen LogP contribution in [0.4, 0.5) is 5.69 Å². The second-order valence-electron chi connectivity index (χ2n) is 4.01. The summed E-state index contributed by atoms with van der Waals surface area (Å²) < 4.78 is 5.69. The van der Waals surface area contributed by atoms with Gasteiger partial charge >= 0.3 is 0 Å². The van der Waals surface area contributed by atoms with E-state index in [1.54, 1.807) is 0 Å². The van der Waals surface area contributed by atoms with Gasteiger partial charge in [-0.2, -0.15) is 0 Å². The molecule has 0 heterocycles. The minimum absolute atomic E-state index is 0.542. The van der Waals surface area contributed by atoms with Crippen molar-refractivity contribution in [3.05, 3.63) is 59.7 Å². The summed E-state index contributed by atoms with van der Waals surface area (Å²) in [5, 5.41) is 2.64. The van der Waals surface area contributed by atoms with Gasteiger partial charge in [-0.15, -0.1) is 0 Å². The van der Waals surface area contributed by atoms with Crippen molar-refractivity contribution < 1.29 is 9.53 Å². The maximum absolute atomic E-state index is 10.4. The van der Waals surface area contributed by atoms with Crippen molar-refractivity contribution in [2.24, 2.45) is 0 Å². The molecule has 0 atom stereocenters. The Kier molecular flexibility index (Phi) is 3.97. The molecule has 0 aliphatic carbocycles. The first-order valence-electron chi connectivity index (χ1n) is 5.77. The zero-order chi connectivity index (χ0) is 12.8. The summed E-state index contributed by atoms with van der Waals surface area (Å²) in [7, 11) is 0. The molecule has 18 heavy (non-hydrogen) atoms. The third-order valence-electron chi connectivity index (χ3n) is 2.66. The molecule has 2 aromatic rings. The number of carbonyl (C=O) groups is 1. The highest BCUT2D eigenvalue weighted by Gasteiger charge is 2.00. The topological polar surface area (TPSA) is 38.3 Å². The number of hydrogen-bond donors (Lipinski definition) is 1. The summed E-state index contributed by atoms with van der Waals surface area (Å²) >= 11 is 0. The fraction of sp³-hybridized carbons (Fsp3) is 0.133. The van der Waals surface area contributed by atoms with Gasteiger partial charge in [-0.05, 0) is 36.2 Å². The quantitative estimate of drug-likeness (QED) is 0.817. The summed E-state index contributed by atoms with van der Waals surface area (Å²) in [6.45, 7) is 2.47. The van der Waals surface area contributed by atoms with Crippen molar-refractivity contribution in [3.8, 4) is 5.75 Å². The Morgan fingerprint density at radius 1 is 1.17 bits per heavy atom. The number of nitrogens with one attached hydrogen (secondary N) is 1. The lowest BCUT2D eigenvalue weighted by molar-refractivity contribution is -0.105. The van der Waals surface area contributed by atoms with Gasteiger partial charge in [0.2, 0.25) is 6.41 Å². The summed E-state index contributed by atoms with van der Waals surface area (Å²) in [6, 6.07) is 15.6. The van der Waals surface area contributed by atoms with Crippen molar-refractivity contribution in [1.29, 1.82) is 0 Å². The predicted octanol–water partition coefficient (Wildman–Crippen LogP) is 3.14. The normalized spacial score (nSPS) is 9.83. The Balaban J connectivity index is 2.02. The number of ether oxygens (including phenoxy) is 1. The summed E-state index contributed by atoms with van der Waals surface area (Å²) in [4.78, 5) is 10.4. The second-order valence-corrected chi connectivity index (χ2v) is 4.01. The van der Waals surface area contributed by atoms with Crippen LogP contribution in [0.1, 0.15) is 11.1 Å². The molecule has 0 aliphatic rings. The number of amides is 1. The van der Waals surface area contributed by atoms with Crippen LogP contribution >= 0.6 is 0 Å². The number of aryl methyl sites for hydroxylation is 1.